The van der Waals surface area contributed by atoms with Crippen molar-refractivity contribution < 1.29 is 23.9 Å². The molecule has 7 heteroatoms. The second-order valence-electron chi connectivity index (χ2n) is 14.5. The number of nitrogens with one attached hydrogen (secondary N) is 1. The highest BCUT2D eigenvalue weighted by molar-refractivity contribution is 6.62. The van der Waals surface area contributed by atoms with Gasteiger partial charge in [0.05, 0.1) is 16.8 Å². The van der Waals surface area contributed by atoms with Crippen LogP contribution in [0, 0.1) is 18.8 Å². The van der Waals surface area contributed by atoms with E-state index in [0.29, 0.717) is 6.61 Å². The van der Waals surface area contributed by atoms with Gasteiger partial charge in [-0.2, -0.15) is 0 Å². The Morgan fingerprint density at radius 1 is 1.00 bits per heavy atom. The number of fused-ring (bicyclic) bond motifs is 5. The van der Waals surface area contributed by atoms with Gasteiger partial charge in [0.1, 0.15) is 12.4 Å². The Morgan fingerprint density at radius 2 is 1.67 bits per heavy atom. The molecule has 2 fully saturated rings. The van der Waals surface area contributed by atoms with Crippen molar-refractivity contribution in [3.8, 4) is 16.9 Å². The summed E-state index contributed by atoms with van der Waals surface area (Å²) < 4.78 is 24.9. The predicted molar refractivity (Wildman–Crippen MR) is 175 cm³/mol. The maximum Gasteiger partial charge on any atom is 0.494 e. The fourth-order valence-corrected chi connectivity index (χ4v) is 6.78. The Kier molecular flexibility index (Phi) is 7.48. The van der Waals surface area contributed by atoms with Crippen LogP contribution in [-0.4, -0.2) is 35.3 Å². The molecule has 0 bridgehead atoms. The third-order valence-corrected chi connectivity index (χ3v) is 9.89. The normalized spacial score (nSPS) is 23.0. The topological polar surface area (TPSA) is 69.2 Å². The summed E-state index contributed by atoms with van der Waals surface area (Å²) in [4.78, 5) is 0. The van der Waals surface area contributed by atoms with Gasteiger partial charge in [-0.15, -0.1) is 0 Å². The molecule has 0 amide bonds. The molecule has 0 aromatic heterocycles. The second kappa shape index (κ2) is 10.7. The smallest absolute Gasteiger partial charge is 0.488 e. The van der Waals surface area contributed by atoms with E-state index in [0.717, 1.165) is 69.3 Å². The number of hydrogen-bond acceptors (Lipinski definition) is 6. The fraction of sp³-hybridized carbons (Fsp3) is 0.500. The van der Waals surface area contributed by atoms with Crippen LogP contribution in [0.2, 0.25) is 0 Å². The van der Waals surface area contributed by atoms with Crippen molar-refractivity contribution >= 4 is 29.0 Å². The number of ether oxygens (including phenoxy) is 2. The monoisotopic (exact) mass is 583 g/mol. The minimum Gasteiger partial charge on any atom is -0.488 e. The third kappa shape index (κ3) is 5.50. The molecule has 0 spiro atoms. The number of hydrogen-bond donors (Lipinski definition) is 2. The van der Waals surface area contributed by atoms with Crippen molar-refractivity contribution in [1.82, 2.24) is 0 Å². The van der Waals surface area contributed by atoms with Gasteiger partial charge in [0, 0.05) is 34.2 Å². The number of aliphatic hydroxyl groups is 1. The number of allylic oxidation sites excluding steroid dienone is 1. The molecule has 2 heterocycles. The van der Waals surface area contributed by atoms with Crippen LogP contribution in [0.5, 0.6) is 5.75 Å². The summed E-state index contributed by atoms with van der Waals surface area (Å²) in [7, 11) is -0.398. The summed E-state index contributed by atoms with van der Waals surface area (Å²) in [6, 6.07) is 15.1. The highest BCUT2D eigenvalue weighted by Gasteiger charge is 2.51. The maximum absolute atomic E-state index is 10.8. The summed E-state index contributed by atoms with van der Waals surface area (Å²) in [5.41, 5.74) is 6.37. The highest BCUT2D eigenvalue weighted by Crippen LogP contribution is 2.45. The first-order chi connectivity index (χ1) is 20.1. The minimum atomic E-state index is -0.803. The highest BCUT2D eigenvalue weighted by atomic mass is 16.7. The van der Waals surface area contributed by atoms with Gasteiger partial charge >= 0.3 is 7.12 Å². The van der Waals surface area contributed by atoms with E-state index in [-0.39, 0.29) is 23.0 Å². The van der Waals surface area contributed by atoms with Crippen molar-refractivity contribution in [2.45, 2.75) is 104 Å². The molecule has 3 aromatic rings. The number of aryl methyl sites for hydroxylation is 1. The molecule has 0 radical (unpaired) electrons. The first-order valence-corrected chi connectivity index (χ1v) is 15.6. The van der Waals surface area contributed by atoms with E-state index < -0.39 is 19.0 Å². The number of benzene rings is 3. The van der Waals surface area contributed by atoms with E-state index in [9.17, 15) is 5.11 Å². The molecule has 3 aromatic carbocycles. The molecule has 1 saturated heterocycles. The van der Waals surface area contributed by atoms with Gasteiger partial charge in [-0.3, -0.25) is 0 Å². The van der Waals surface area contributed by atoms with Crippen molar-refractivity contribution in [2.75, 3.05) is 5.32 Å². The zero-order chi connectivity index (χ0) is 30.9. The first-order valence-electron chi connectivity index (χ1n) is 15.6. The van der Waals surface area contributed by atoms with Gasteiger partial charge in [-0.1, -0.05) is 37.3 Å². The van der Waals surface area contributed by atoms with E-state index in [4.69, 9.17) is 18.8 Å². The minimum absolute atomic E-state index is 0.0331. The first kappa shape index (κ1) is 30.2. The molecule has 2 unspecified atom stereocenters. The molecule has 2 aliphatic heterocycles. The lowest BCUT2D eigenvalue weighted by molar-refractivity contribution is -0.195. The van der Waals surface area contributed by atoms with Crippen LogP contribution < -0.4 is 15.5 Å². The van der Waals surface area contributed by atoms with Crippen molar-refractivity contribution in [3.63, 3.8) is 0 Å². The summed E-state index contributed by atoms with van der Waals surface area (Å²) in [5.74, 6) is 1.10. The summed E-state index contributed by atoms with van der Waals surface area (Å²) in [6.45, 7) is 21.3. The zero-order valence-electron chi connectivity index (χ0n) is 27.0. The van der Waals surface area contributed by atoms with E-state index in [2.05, 4.69) is 89.0 Å². The molecule has 3 aliphatic rings. The lowest BCUT2D eigenvalue weighted by atomic mass is 9.77. The molecule has 3 atom stereocenters. The van der Waals surface area contributed by atoms with Crippen LogP contribution in [0.3, 0.4) is 0 Å². The predicted octanol–water partition coefficient (Wildman–Crippen LogP) is 7.48. The molecular formula is C36H46BNO5. The van der Waals surface area contributed by atoms with Crippen LogP contribution >= 0.6 is 0 Å². The van der Waals surface area contributed by atoms with Crippen LogP contribution in [0.4, 0.5) is 5.69 Å². The van der Waals surface area contributed by atoms with Gasteiger partial charge in [0.2, 0.25) is 0 Å². The number of aliphatic hydroxyl groups excluding tert-OH is 1. The van der Waals surface area contributed by atoms with Gasteiger partial charge in [0.25, 0.3) is 0 Å². The SMILES string of the molecule is C=C(Nc1ccc2c3c(ccc2c1C)-c1ccc(B2OC(C)(C)C(C)(C)O2)cc1CO3)[C@@H]1CCCC1C(O)OC(C)(C)C. The fourth-order valence-electron chi connectivity index (χ4n) is 6.78. The Balaban J connectivity index is 1.24. The Labute approximate surface area is 256 Å². The zero-order valence-corrected chi connectivity index (χ0v) is 27.0. The average Bonchev–Trinajstić information content (AvgIpc) is 3.50. The number of rotatable bonds is 6. The Hall–Kier alpha value is -2.84. The van der Waals surface area contributed by atoms with Crippen molar-refractivity contribution in [2.24, 2.45) is 11.8 Å². The second-order valence-corrected chi connectivity index (χ2v) is 14.5. The van der Waals surface area contributed by atoms with Crippen LogP contribution in [0.15, 0.2) is 54.7 Å². The van der Waals surface area contributed by atoms with Crippen molar-refractivity contribution in [3.05, 3.63) is 65.9 Å². The van der Waals surface area contributed by atoms with Crippen LogP contribution in [0.1, 0.15) is 78.9 Å². The molecule has 2 N–H and O–H groups in total. The molecule has 1 saturated carbocycles. The van der Waals surface area contributed by atoms with Crippen LogP contribution in [-0.2, 0) is 20.7 Å². The lowest BCUT2D eigenvalue weighted by Crippen LogP contribution is -2.41. The average molecular weight is 584 g/mol. The summed E-state index contributed by atoms with van der Waals surface area (Å²) in [5, 5.41) is 16.7. The molecule has 6 nitrogen and oxygen atoms in total. The molecule has 6 rings (SSSR count). The largest absolute Gasteiger partial charge is 0.494 e. The van der Waals surface area contributed by atoms with Crippen LogP contribution in [0.25, 0.3) is 21.9 Å². The van der Waals surface area contributed by atoms with E-state index in [1.807, 2.05) is 20.8 Å². The standard InChI is InChI=1S/C36H46BNO5/c1-21-25-15-16-29-27-14-13-24(37-42-35(6,7)36(8,9)43-37)19-23(27)20-40-32(29)28(25)17-18-31(21)38-22(2)26-11-10-12-30(26)33(39)41-34(3,4)5/h13-19,26,30,33,38-39H,2,10-12,20H2,1,3-9H3/t26-,30?,33?/m0/s1. The maximum atomic E-state index is 10.8. The summed E-state index contributed by atoms with van der Waals surface area (Å²) >= 11 is 0. The van der Waals surface area contributed by atoms with Crippen molar-refractivity contribution in [1.29, 1.82) is 0 Å². The van der Waals surface area contributed by atoms with Gasteiger partial charge in [-0.05, 0) is 114 Å². The quantitative estimate of drug-likeness (QED) is 0.232. The molecule has 228 valence electrons. The molecule has 43 heavy (non-hydrogen) atoms. The molecule has 1 aliphatic carbocycles. The van der Waals surface area contributed by atoms with Gasteiger partial charge in [-0.25, -0.2) is 0 Å². The summed E-state index contributed by atoms with van der Waals surface area (Å²) in [6.07, 6.45) is 2.18. The van der Waals surface area contributed by atoms with Gasteiger partial charge < -0.3 is 29.2 Å². The Bertz CT molecular complexity index is 1560. The van der Waals surface area contributed by atoms with E-state index >= 15 is 0 Å². The van der Waals surface area contributed by atoms with E-state index in [1.54, 1.807) is 0 Å². The molecular weight excluding hydrogens is 537 g/mol. The lowest BCUT2D eigenvalue weighted by Gasteiger charge is -2.32. The van der Waals surface area contributed by atoms with E-state index in [1.165, 1.54) is 5.56 Å². The Morgan fingerprint density at radius 3 is 2.37 bits per heavy atom. The van der Waals surface area contributed by atoms with Gasteiger partial charge in [0.15, 0.2) is 6.29 Å². The number of anilines is 1. The third-order valence-electron chi connectivity index (χ3n) is 9.89.